The Labute approximate surface area is 311 Å². The van der Waals surface area contributed by atoms with Crippen molar-refractivity contribution in [3.05, 3.63) is 187 Å². The first-order chi connectivity index (χ1) is 26.8. The molecule has 254 valence electrons. The topological polar surface area (TPSA) is 47.5 Å². The van der Waals surface area contributed by atoms with Crippen molar-refractivity contribution in [3.8, 4) is 23.0 Å². The Morgan fingerprint density at radius 2 is 0.981 bits per heavy atom. The number of para-hydroxylation sites is 1. The van der Waals surface area contributed by atoms with Crippen LogP contribution in [0.25, 0.3) is 54.0 Å². The molecule has 0 N–H and O–H groups in total. The van der Waals surface area contributed by atoms with E-state index in [0.29, 0.717) is 5.95 Å². The molecule has 2 aliphatic rings. The lowest BCUT2D eigenvalue weighted by atomic mass is 9.93. The number of nitrogens with zero attached hydrogens (tertiary/aromatic N) is 3. The number of anilines is 3. The summed E-state index contributed by atoms with van der Waals surface area (Å²) in [6, 6.07) is 58.6. The van der Waals surface area contributed by atoms with Crippen LogP contribution < -0.4 is 14.4 Å². The highest BCUT2D eigenvalue weighted by atomic mass is 16.5. The van der Waals surface area contributed by atoms with Gasteiger partial charge in [-0.3, -0.25) is 4.90 Å². The van der Waals surface area contributed by atoms with Crippen molar-refractivity contribution in [1.29, 1.82) is 0 Å². The first-order valence-electron chi connectivity index (χ1n) is 18.2. The molecular formula is C49H31N3O2. The van der Waals surface area contributed by atoms with Crippen LogP contribution in [0.5, 0.6) is 23.0 Å². The Hall–Kier alpha value is -7.24. The van der Waals surface area contributed by atoms with Gasteiger partial charge in [0.05, 0.1) is 16.9 Å². The van der Waals surface area contributed by atoms with Crippen LogP contribution in [-0.4, -0.2) is 9.97 Å². The Morgan fingerprint density at radius 3 is 1.74 bits per heavy atom. The van der Waals surface area contributed by atoms with Crippen LogP contribution in [0.1, 0.15) is 11.1 Å². The average molecular weight is 694 g/mol. The zero-order valence-corrected chi connectivity index (χ0v) is 29.1. The molecule has 5 heteroatoms. The summed E-state index contributed by atoms with van der Waals surface area (Å²) in [5.41, 5.74) is 5.36. The molecule has 54 heavy (non-hydrogen) atoms. The van der Waals surface area contributed by atoms with Gasteiger partial charge in [-0.1, -0.05) is 146 Å². The van der Waals surface area contributed by atoms with Gasteiger partial charge in [0.25, 0.3) is 0 Å². The van der Waals surface area contributed by atoms with Crippen LogP contribution in [0.3, 0.4) is 0 Å². The maximum Gasteiger partial charge on any atom is 0.235 e. The average Bonchev–Trinajstić information content (AvgIpc) is 3.25. The highest BCUT2D eigenvalue weighted by molar-refractivity contribution is 6.06. The smallest absolute Gasteiger partial charge is 0.235 e. The van der Waals surface area contributed by atoms with E-state index in [2.05, 4.69) is 132 Å². The lowest BCUT2D eigenvalue weighted by molar-refractivity contribution is 0.467. The molecule has 3 heterocycles. The monoisotopic (exact) mass is 693 g/mol. The van der Waals surface area contributed by atoms with Gasteiger partial charge in [-0.05, 0) is 56.8 Å². The fraction of sp³-hybridized carbons (Fsp3) is 0.0204. The quantitative estimate of drug-likeness (QED) is 0.171. The largest absolute Gasteiger partial charge is 0.456 e. The van der Waals surface area contributed by atoms with Crippen molar-refractivity contribution in [3.63, 3.8) is 0 Å². The Bertz CT molecular complexity index is 3030. The van der Waals surface area contributed by atoms with E-state index in [1.807, 2.05) is 48.7 Å². The van der Waals surface area contributed by atoms with E-state index in [1.165, 1.54) is 32.7 Å². The van der Waals surface area contributed by atoms with Crippen molar-refractivity contribution in [1.82, 2.24) is 9.97 Å². The summed E-state index contributed by atoms with van der Waals surface area (Å²) in [5.74, 6) is 4.25. The normalized spacial score (nSPS) is 12.6. The SMILES string of the molecule is c1ccc2c3c(ccc2c1)Oc1c(ccc2ccccc12)C3.c1ccc2nc(N3c4ccc5ccccc5c4Oc4ccc5ccccc5c43)ncc2c1. The Kier molecular flexibility index (Phi) is 6.85. The molecular weight excluding hydrogens is 663 g/mol. The van der Waals surface area contributed by atoms with E-state index >= 15 is 0 Å². The Morgan fingerprint density at radius 1 is 0.444 bits per heavy atom. The zero-order valence-electron chi connectivity index (χ0n) is 29.1. The molecule has 0 aliphatic carbocycles. The summed E-state index contributed by atoms with van der Waals surface area (Å²) in [6.07, 6.45) is 2.81. The molecule has 0 saturated carbocycles. The summed E-state index contributed by atoms with van der Waals surface area (Å²) in [5, 5.41) is 10.4. The van der Waals surface area contributed by atoms with Gasteiger partial charge in [-0.15, -0.1) is 0 Å². The fourth-order valence-corrected chi connectivity index (χ4v) is 8.01. The first-order valence-corrected chi connectivity index (χ1v) is 18.2. The molecule has 0 saturated heterocycles. The summed E-state index contributed by atoms with van der Waals surface area (Å²) in [7, 11) is 0. The number of rotatable bonds is 1. The number of aromatic nitrogens is 2. The molecule has 0 amide bonds. The number of fused-ring (bicyclic) bond motifs is 13. The van der Waals surface area contributed by atoms with Gasteiger partial charge in [0.2, 0.25) is 5.95 Å². The molecule has 0 spiro atoms. The molecule has 10 aromatic rings. The summed E-state index contributed by atoms with van der Waals surface area (Å²) in [4.78, 5) is 11.9. The van der Waals surface area contributed by atoms with E-state index in [9.17, 15) is 0 Å². The van der Waals surface area contributed by atoms with Crippen molar-refractivity contribution >= 4 is 71.3 Å². The zero-order chi connectivity index (χ0) is 35.6. The third-order valence-corrected chi connectivity index (χ3v) is 10.6. The van der Waals surface area contributed by atoms with Crippen molar-refractivity contribution in [2.45, 2.75) is 6.42 Å². The van der Waals surface area contributed by atoms with Crippen molar-refractivity contribution in [2.75, 3.05) is 4.90 Å². The summed E-state index contributed by atoms with van der Waals surface area (Å²) >= 11 is 0. The third kappa shape index (κ3) is 4.86. The van der Waals surface area contributed by atoms with Gasteiger partial charge >= 0.3 is 0 Å². The predicted octanol–water partition coefficient (Wildman–Crippen LogP) is 13.2. The molecule has 0 unspecified atom stereocenters. The van der Waals surface area contributed by atoms with Crippen LogP contribution in [-0.2, 0) is 6.42 Å². The van der Waals surface area contributed by atoms with Crippen LogP contribution in [0.15, 0.2) is 176 Å². The second-order valence-electron chi connectivity index (χ2n) is 13.8. The fourth-order valence-electron chi connectivity index (χ4n) is 8.01. The minimum absolute atomic E-state index is 0.626. The van der Waals surface area contributed by atoms with E-state index in [-0.39, 0.29) is 0 Å². The van der Waals surface area contributed by atoms with Crippen LogP contribution >= 0.6 is 0 Å². The third-order valence-electron chi connectivity index (χ3n) is 10.6. The molecule has 5 nitrogen and oxygen atoms in total. The highest BCUT2D eigenvalue weighted by Gasteiger charge is 2.31. The number of ether oxygens (including phenoxy) is 2. The molecule has 0 fully saturated rings. The second-order valence-corrected chi connectivity index (χ2v) is 13.8. The maximum atomic E-state index is 6.54. The van der Waals surface area contributed by atoms with E-state index in [0.717, 1.165) is 73.2 Å². The first kappa shape index (κ1) is 30.4. The van der Waals surface area contributed by atoms with Crippen molar-refractivity contribution < 1.29 is 9.47 Å². The number of hydrogen-bond donors (Lipinski definition) is 0. The van der Waals surface area contributed by atoms with E-state index in [4.69, 9.17) is 19.4 Å². The van der Waals surface area contributed by atoms with Gasteiger partial charge in [0.1, 0.15) is 11.5 Å². The van der Waals surface area contributed by atoms with Crippen molar-refractivity contribution in [2.24, 2.45) is 0 Å². The molecule has 0 radical (unpaired) electrons. The minimum atomic E-state index is 0.626. The lowest BCUT2D eigenvalue weighted by Gasteiger charge is -2.33. The van der Waals surface area contributed by atoms with E-state index < -0.39 is 0 Å². The minimum Gasteiger partial charge on any atom is -0.456 e. The Balaban J connectivity index is 0.000000135. The molecule has 9 aromatic carbocycles. The molecule has 0 atom stereocenters. The van der Waals surface area contributed by atoms with Gasteiger partial charge in [-0.2, -0.15) is 0 Å². The van der Waals surface area contributed by atoms with Gasteiger partial charge in [-0.25, -0.2) is 9.97 Å². The van der Waals surface area contributed by atoms with E-state index in [1.54, 1.807) is 0 Å². The number of benzene rings is 9. The molecule has 12 rings (SSSR count). The molecule has 2 aliphatic heterocycles. The van der Waals surface area contributed by atoms with Crippen LogP contribution in [0, 0.1) is 0 Å². The summed E-state index contributed by atoms with van der Waals surface area (Å²) < 4.78 is 12.8. The van der Waals surface area contributed by atoms with Crippen LogP contribution in [0.2, 0.25) is 0 Å². The van der Waals surface area contributed by atoms with Gasteiger partial charge in [0.15, 0.2) is 11.5 Å². The second kappa shape index (κ2) is 12.2. The lowest BCUT2D eigenvalue weighted by Crippen LogP contribution is -2.18. The maximum absolute atomic E-state index is 6.54. The summed E-state index contributed by atoms with van der Waals surface area (Å²) in [6.45, 7) is 0. The highest BCUT2D eigenvalue weighted by Crippen LogP contribution is 2.54. The molecule has 0 bridgehead atoms. The predicted molar refractivity (Wildman–Crippen MR) is 220 cm³/mol. The van der Waals surface area contributed by atoms with Gasteiger partial charge < -0.3 is 9.47 Å². The molecule has 1 aromatic heterocycles. The number of hydrogen-bond acceptors (Lipinski definition) is 5. The van der Waals surface area contributed by atoms with Gasteiger partial charge in [0, 0.05) is 39.7 Å². The standard InChI is InChI=1S/C28H17N3O.C21H14O/c1-4-10-21-18(7-1)14-16-25-26(21)31(28-29-17-20-9-3-6-12-23(20)30-28)24-15-13-19-8-2-5-11-22(19)27(24)32-25;1-3-7-17-14(5-1)11-12-20-19(17)13-16-10-9-15-6-2-4-8-18(15)21(16)22-20/h1-17H;1-12H,13H2. The van der Waals surface area contributed by atoms with Crippen LogP contribution in [0.4, 0.5) is 17.3 Å².